The fraction of sp³-hybridized carbons (Fsp3) is 0.385. The van der Waals surface area contributed by atoms with Gasteiger partial charge in [0.2, 0.25) is 0 Å². The Bertz CT molecular complexity index is 461. The molecule has 2 aromatic rings. The molecule has 2 heterocycles. The van der Waals surface area contributed by atoms with Gasteiger partial charge in [0.05, 0.1) is 18.2 Å². The zero-order chi connectivity index (χ0) is 12.3. The van der Waals surface area contributed by atoms with Gasteiger partial charge in [0.25, 0.3) is 0 Å². The summed E-state index contributed by atoms with van der Waals surface area (Å²) in [6, 6.07) is 4.09. The number of nitrogens with two attached hydrogens (primary N) is 1. The number of hydrogen-bond donors (Lipinski definition) is 1. The van der Waals surface area contributed by atoms with Crippen molar-refractivity contribution in [2.45, 2.75) is 26.4 Å². The highest BCUT2D eigenvalue weighted by Gasteiger charge is 2.11. The summed E-state index contributed by atoms with van der Waals surface area (Å²) in [4.78, 5) is 8.31. The van der Waals surface area contributed by atoms with Gasteiger partial charge in [0, 0.05) is 30.5 Å². The van der Waals surface area contributed by atoms with E-state index in [1.165, 1.54) is 0 Å². The summed E-state index contributed by atoms with van der Waals surface area (Å²) in [5.74, 6) is 0.458. The fourth-order valence-corrected chi connectivity index (χ4v) is 1.66. The highest BCUT2D eigenvalue weighted by Crippen LogP contribution is 2.18. The molecule has 0 fully saturated rings. The molecule has 0 spiro atoms. The van der Waals surface area contributed by atoms with Crippen molar-refractivity contribution in [2.24, 2.45) is 11.7 Å². The van der Waals surface area contributed by atoms with Gasteiger partial charge in [0.1, 0.15) is 0 Å². The summed E-state index contributed by atoms with van der Waals surface area (Å²) in [6.45, 7) is 5.04. The largest absolute Gasteiger partial charge is 0.329 e. The summed E-state index contributed by atoms with van der Waals surface area (Å²) in [5, 5.41) is 0. The maximum absolute atomic E-state index is 6.09. The van der Waals surface area contributed by atoms with Crippen LogP contribution in [0.4, 0.5) is 0 Å². The van der Waals surface area contributed by atoms with E-state index in [2.05, 4.69) is 28.4 Å². The van der Waals surface area contributed by atoms with Crippen molar-refractivity contribution >= 4 is 0 Å². The van der Waals surface area contributed by atoms with Crippen molar-refractivity contribution in [3.8, 4) is 11.3 Å². The Balaban J connectivity index is 2.23. The maximum Gasteiger partial charge on any atom is 0.0951 e. The summed E-state index contributed by atoms with van der Waals surface area (Å²) in [5.41, 5.74) is 8.22. The second-order valence-electron chi connectivity index (χ2n) is 4.58. The Hall–Kier alpha value is -1.68. The smallest absolute Gasteiger partial charge is 0.0951 e. The van der Waals surface area contributed by atoms with Crippen LogP contribution in [0.15, 0.2) is 37.1 Å². The molecule has 0 bridgehead atoms. The molecule has 0 aliphatic carbocycles. The molecule has 0 radical (unpaired) electrons. The van der Waals surface area contributed by atoms with Crippen LogP contribution in [0.5, 0.6) is 0 Å². The van der Waals surface area contributed by atoms with Gasteiger partial charge in [-0.1, -0.05) is 13.8 Å². The molecule has 4 heteroatoms. The van der Waals surface area contributed by atoms with E-state index in [4.69, 9.17) is 5.73 Å². The molecule has 2 aromatic heterocycles. The molecule has 1 unspecified atom stereocenters. The van der Waals surface area contributed by atoms with Gasteiger partial charge in [-0.05, 0) is 18.1 Å². The first kappa shape index (κ1) is 11.8. The second kappa shape index (κ2) is 5.10. The SMILES string of the molecule is CC(C)C(N)Cn1cncc1-c1cccnc1. The van der Waals surface area contributed by atoms with Crippen LogP contribution in [-0.2, 0) is 6.54 Å². The third kappa shape index (κ3) is 2.71. The van der Waals surface area contributed by atoms with Crippen LogP contribution in [-0.4, -0.2) is 20.6 Å². The minimum absolute atomic E-state index is 0.139. The molecule has 0 aliphatic heterocycles. The average Bonchev–Trinajstić information content (AvgIpc) is 2.78. The Morgan fingerprint density at radius 2 is 2.12 bits per heavy atom. The van der Waals surface area contributed by atoms with Crippen molar-refractivity contribution in [3.63, 3.8) is 0 Å². The zero-order valence-corrected chi connectivity index (χ0v) is 10.2. The van der Waals surface area contributed by atoms with Gasteiger partial charge in [-0.25, -0.2) is 4.98 Å². The van der Waals surface area contributed by atoms with Crippen molar-refractivity contribution in [1.29, 1.82) is 0 Å². The Morgan fingerprint density at radius 1 is 1.29 bits per heavy atom. The van der Waals surface area contributed by atoms with E-state index in [0.717, 1.165) is 17.8 Å². The van der Waals surface area contributed by atoms with Crippen LogP contribution < -0.4 is 5.73 Å². The van der Waals surface area contributed by atoms with Gasteiger partial charge < -0.3 is 10.3 Å². The average molecular weight is 230 g/mol. The predicted molar refractivity (Wildman–Crippen MR) is 68.3 cm³/mol. The Kier molecular flexibility index (Phi) is 3.54. The lowest BCUT2D eigenvalue weighted by molar-refractivity contribution is 0.435. The lowest BCUT2D eigenvalue weighted by Crippen LogP contribution is -2.31. The minimum atomic E-state index is 0.139. The first-order chi connectivity index (χ1) is 8.18. The van der Waals surface area contributed by atoms with Gasteiger partial charge >= 0.3 is 0 Å². The molecule has 0 aromatic carbocycles. The van der Waals surface area contributed by atoms with Gasteiger partial charge in [0.15, 0.2) is 0 Å². The van der Waals surface area contributed by atoms with E-state index >= 15 is 0 Å². The monoisotopic (exact) mass is 230 g/mol. The molecule has 90 valence electrons. The van der Waals surface area contributed by atoms with E-state index in [1.54, 1.807) is 6.20 Å². The topological polar surface area (TPSA) is 56.7 Å². The quantitative estimate of drug-likeness (QED) is 0.873. The number of nitrogens with zero attached hydrogens (tertiary/aromatic N) is 3. The molecule has 4 nitrogen and oxygen atoms in total. The van der Waals surface area contributed by atoms with Gasteiger partial charge in [-0.3, -0.25) is 4.98 Å². The Morgan fingerprint density at radius 3 is 2.76 bits per heavy atom. The van der Waals surface area contributed by atoms with Crippen molar-refractivity contribution in [1.82, 2.24) is 14.5 Å². The van der Waals surface area contributed by atoms with Gasteiger partial charge in [-0.2, -0.15) is 0 Å². The normalized spacial score (nSPS) is 12.9. The van der Waals surface area contributed by atoms with Crippen LogP contribution >= 0.6 is 0 Å². The highest BCUT2D eigenvalue weighted by atomic mass is 15.1. The molecule has 0 amide bonds. The summed E-state index contributed by atoms with van der Waals surface area (Å²) < 4.78 is 2.08. The zero-order valence-electron chi connectivity index (χ0n) is 10.2. The molecule has 17 heavy (non-hydrogen) atoms. The standard InChI is InChI=1S/C13H18N4/c1-10(2)12(14)8-17-9-16-7-13(17)11-4-3-5-15-6-11/h3-7,9-10,12H,8,14H2,1-2H3. The Labute approximate surface area is 102 Å². The molecule has 2 N–H and O–H groups in total. The number of imidazole rings is 1. The summed E-state index contributed by atoms with van der Waals surface area (Å²) in [6.07, 6.45) is 7.28. The number of rotatable bonds is 4. The van der Waals surface area contributed by atoms with E-state index in [0.29, 0.717) is 5.92 Å². The number of pyridine rings is 1. The molecule has 0 saturated heterocycles. The van der Waals surface area contributed by atoms with E-state index in [-0.39, 0.29) is 6.04 Å². The third-order valence-electron chi connectivity index (χ3n) is 2.93. The third-order valence-corrected chi connectivity index (χ3v) is 2.93. The van der Waals surface area contributed by atoms with E-state index in [9.17, 15) is 0 Å². The van der Waals surface area contributed by atoms with Crippen LogP contribution in [0.3, 0.4) is 0 Å². The van der Waals surface area contributed by atoms with Crippen molar-refractivity contribution in [3.05, 3.63) is 37.1 Å². The molecule has 1 atom stereocenters. The maximum atomic E-state index is 6.09. The first-order valence-electron chi connectivity index (χ1n) is 5.84. The summed E-state index contributed by atoms with van der Waals surface area (Å²) >= 11 is 0. The fourth-order valence-electron chi connectivity index (χ4n) is 1.66. The van der Waals surface area contributed by atoms with E-state index in [1.807, 2.05) is 30.9 Å². The second-order valence-corrected chi connectivity index (χ2v) is 4.58. The van der Waals surface area contributed by atoms with Crippen LogP contribution in [0.1, 0.15) is 13.8 Å². The lowest BCUT2D eigenvalue weighted by Gasteiger charge is -2.17. The molecular formula is C13H18N4. The lowest BCUT2D eigenvalue weighted by atomic mass is 10.1. The van der Waals surface area contributed by atoms with Crippen molar-refractivity contribution in [2.75, 3.05) is 0 Å². The first-order valence-corrected chi connectivity index (χ1v) is 5.84. The van der Waals surface area contributed by atoms with E-state index < -0.39 is 0 Å². The van der Waals surface area contributed by atoms with Crippen LogP contribution in [0.2, 0.25) is 0 Å². The van der Waals surface area contributed by atoms with Crippen molar-refractivity contribution < 1.29 is 0 Å². The highest BCUT2D eigenvalue weighted by molar-refractivity contribution is 5.57. The minimum Gasteiger partial charge on any atom is -0.329 e. The molecular weight excluding hydrogens is 212 g/mol. The van der Waals surface area contributed by atoms with Crippen LogP contribution in [0.25, 0.3) is 11.3 Å². The van der Waals surface area contributed by atoms with Crippen LogP contribution in [0, 0.1) is 5.92 Å². The molecule has 0 aliphatic rings. The molecule has 0 saturated carbocycles. The number of aromatic nitrogens is 3. The predicted octanol–water partition coefficient (Wildman–Crippen LogP) is 1.93. The van der Waals surface area contributed by atoms with Gasteiger partial charge in [-0.15, -0.1) is 0 Å². The molecule has 2 rings (SSSR count). The summed E-state index contributed by atoms with van der Waals surface area (Å²) in [7, 11) is 0. The number of hydrogen-bond acceptors (Lipinski definition) is 3.